The number of carbonyl (C=O) groups excluding carboxylic acids is 1. The largest absolute Gasteiger partial charge is 0.409 e. The number of hydrogen-bond acceptors (Lipinski definition) is 5. The lowest BCUT2D eigenvalue weighted by Gasteiger charge is -2.21. The predicted octanol–water partition coefficient (Wildman–Crippen LogP) is 0.258. The molecule has 0 bridgehead atoms. The Balaban J connectivity index is 2.74. The van der Waals surface area contributed by atoms with E-state index in [0.29, 0.717) is 5.56 Å². The highest BCUT2D eigenvalue weighted by Gasteiger charge is 2.22. The van der Waals surface area contributed by atoms with E-state index in [1.54, 1.807) is 13.8 Å². The fraction of sp³-hybridized carbons (Fsp3) is 0.500. The Kier molecular flexibility index (Phi) is 4.27. The van der Waals surface area contributed by atoms with E-state index in [-0.39, 0.29) is 24.0 Å². The number of hydrogen-bond donors (Lipinski definition) is 4. The van der Waals surface area contributed by atoms with E-state index in [4.69, 9.17) is 15.7 Å². The summed E-state index contributed by atoms with van der Waals surface area (Å²) in [6.07, 6.45) is 1.52. The molecular weight excluding hydrogens is 238 g/mol. The van der Waals surface area contributed by atoms with Gasteiger partial charge in [0.25, 0.3) is 0 Å². The van der Waals surface area contributed by atoms with Crippen molar-refractivity contribution in [2.24, 2.45) is 10.9 Å². The zero-order chi connectivity index (χ0) is 13.8. The quantitative estimate of drug-likeness (QED) is 0.260. The van der Waals surface area contributed by atoms with Gasteiger partial charge in [0.15, 0.2) is 5.84 Å². The second kappa shape index (κ2) is 5.50. The van der Waals surface area contributed by atoms with E-state index < -0.39 is 5.60 Å². The Morgan fingerprint density at radius 3 is 2.94 bits per heavy atom. The highest BCUT2D eigenvalue weighted by molar-refractivity contribution is 6.04. The molecule has 1 amide bonds. The van der Waals surface area contributed by atoms with Crippen LogP contribution in [0.2, 0.25) is 0 Å². The van der Waals surface area contributed by atoms with Crippen molar-refractivity contribution in [3.63, 3.8) is 0 Å². The summed E-state index contributed by atoms with van der Waals surface area (Å²) >= 11 is 0. The molecule has 0 spiro atoms. The van der Waals surface area contributed by atoms with E-state index in [0.717, 1.165) is 0 Å². The molecule has 0 saturated carbocycles. The summed E-state index contributed by atoms with van der Waals surface area (Å²) in [5.41, 5.74) is 5.18. The van der Waals surface area contributed by atoms with Crippen molar-refractivity contribution < 1.29 is 14.7 Å². The lowest BCUT2D eigenvalue weighted by molar-refractivity contribution is -0.121. The van der Waals surface area contributed by atoms with Crippen molar-refractivity contribution in [2.45, 2.75) is 25.9 Å². The number of ether oxygens (including phenoxy) is 1. The monoisotopic (exact) mass is 255 g/mol. The first kappa shape index (κ1) is 14.0. The fourth-order valence-electron chi connectivity index (χ4n) is 1.27. The average Bonchev–Trinajstić information content (AvgIpc) is 2.75. The Labute approximate surface area is 104 Å². The van der Waals surface area contributed by atoms with E-state index in [1.165, 1.54) is 13.3 Å². The van der Waals surface area contributed by atoms with Gasteiger partial charge >= 0.3 is 0 Å². The van der Waals surface area contributed by atoms with Crippen LogP contribution in [0.3, 0.4) is 0 Å². The third-order valence-electron chi connectivity index (χ3n) is 2.43. The fourth-order valence-corrected chi connectivity index (χ4v) is 1.27. The van der Waals surface area contributed by atoms with Crippen LogP contribution in [0.5, 0.6) is 0 Å². The number of nitrogens with one attached hydrogen (secondary N) is 2. The molecule has 0 unspecified atom stereocenters. The summed E-state index contributed by atoms with van der Waals surface area (Å²) in [7, 11) is 1.53. The van der Waals surface area contributed by atoms with Crippen LogP contribution in [0.15, 0.2) is 11.4 Å². The Morgan fingerprint density at radius 1 is 1.72 bits per heavy atom. The van der Waals surface area contributed by atoms with Crippen molar-refractivity contribution in [3.05, 3.63) is 11.8 Å². The third-order valence-corrected chi connectivity index (χ3v) is 2.43. The first-order valence-electron chi connectivity index (χ1n) is 5.26. The molecule has 100 valence electrons. The number of carbonyl (C=O) groups is 1. The number of nitrogens with two attached hydrogens (primary N) is 1. The van der Waals surface area contributed by atoms with Gasteiger partial charge in [0.2, 0.25) is 5.91 Å². The van der Waals surface area contributed by atoms with Gasteiger partial charge in [-0.3, -0.25) is 9.89 Å². The summed E-state index contributed by atoms with van der Waals surface area (Å²) < 4.78 is 5.15. The molecule has 1 aromatic heterocycles. The van der Waals surface area contributed by atoms with Crippen LogP contribution in [-0.4, -0.2) is 39.9 Å². The maximum absolute atomic E-state index is 11.8. The first-order valence-corrected chi connectivity index (χ1v) is 5.26. The minimum Gasteiger partial charge on any atom is -0.409 e. The van der Waals surface area contributed by atoms with Crippen LogP contribution in [0.1, 0.15) is 25.8 Å². The smallest absolute Gasteiger partial charge is 0.228 e. The van der Waals surface area contributed by atoms with Crippen molar-refractivity contribution in [2.75, 3.05) is 12.4 Å². The molecular formula is C10H17N5O3. The zero-order valence-electron chi connectivity index (χ0n) is 10.5. The molecule has 1 aromatic rings. The number of oxime groups is 1. The van der Waals surface area contributed by atoms with Crippen LogP contribution in [0.25, 0.3) is 0 Å². The van der Waals surface area contributed by atoms with Gasteiger partial charge in [-0.15, -0.1) is 0 Å². The van der Waals surface area contributed by atoms with Crippen molar-refractivity contribution in [1.29, 1.82) is 0 Å². The van der Waals surface area contributed by atoms with Crippen LogP contribution >= 0.6 is 0 Å². The number of aromatic amines is 1. The van der Waals surface area contributed by atoms with E-state index in [2.05, 4.69) is 20.7 Å². The maximum atomic E-state index is 11.8. The zero-order valence-corrected chi connectivity index (χ0v) is 10.5. The molecule has 0 fully saturated rings. The Hall–Kier alpha value is -2.09. The lowest BCUT2D eigenvalue weighted by atomic mass is 10.1. The van der Waals surface area contributed by atoms with Gasteiger partial charge in [-0.2, -0.15) is 5.10 Å². The number of methoxy groups -OCH3 is 1. The molecule has 1 heterocycles. The summed E-state index contributed by atoms with van der Waals surface area (Å²) in [6.45, 7) is 3.59. The minimum absolute atomic E-state index is 0.134. The van der Waals surface area contributed by atoms with Gasteiger partial charge in [-0.25, -0.2) is 0 Å². The SMILES string of the molecule is COC(C)(C)CC(=O)Nc1[nH]ncc1C(N)=NO. The predicted molar refractivity (Wildman–Crippen MR) is 65.4 cm³/mol. The molecule has 0 saturated heterocycles. The highest BCUT2D eigenvalue weighted by atomic mass is 16.5. The Morgan fingerprint density at radius 2 is 2.39 bits per heavy atom. The molecule has 18 heavy (non-hydrogen) atoms. The Bertz CT molecular complexity index is 452. The second-order valence-corrected chi connectivity index (χ2v) is 4.33. The molecule has 8 heteroatoms. The molecule has 0 atom stereocenters. The van der Waals surface area contributed by atoms with Crippen LogP contribution < -0.4 is 11.1 Å². The topological polar surface area (TPSA) is 126 Å². The van der Waals surface area contributed by atoms with Gasteiger partial charge in [-0.1, -0.05) is 5.16 Å². The van der Waals surface area contributed by atoms with E-state index >= 15 is 0 Å². The standard InChI is InChI=1S/C10H17N5O3/c1-10(2,18-3)4-7(16)13-9-6(5-12-14-9)8(11)15-17/h5,17H,4H2,1-3H3,(H2,11,15)(H2,12,13,14,16). The van der Waals surface area contributed by atoms with E-state index in [1.807, 2.05) is 0 Å². The van der Waals surface area contributed by atoms with Gasteiger partial charge in [0, 0.05) is 7.11 Å². The van der Waals surface area contributed by atoms with Crippen LogP contribution in [0.4, 0.5) is 5.82 Å². The van der Waals surface area contributed by atoms with Crippen molar-refractivity contribution in [1.82, 2.24) is 10.2 Å². The first-order chi connectivity index (χ1) is 8.39. The maximum Gasteiger partial charge on any atom is 0.228 e. The summed E-state index contributed by atoms with van der Waals surface area (Å²) in [4.78, 5) is 11.8. The molecule has 0 aromatic carbocycles. The molecule has 1 rings (SSSR count). The van der Waals surface area contributed by atoms with Gasteiger partial charge in [-0.05, 0) is 13.8 Å². The summed E-state index contributed by atoms with van der Waals surface area (Å²) in [5.74, 6) is -0.120. The van der Waals surface area contributed by atoms with Gasteiger partial charge < -0.3 is 21.0 Å². The van der Waals surface area contributed by atoms with Crippen molar-refractivity contribution >= 4 is 17.6 Å². The number of H-pyrrole nitrogens is 1. The summed E-state index contributed by atoms with van der Waals surface area (Å²) in [5, 5.41) is 20.3. The lowest BCUT2D eigenvalue weighted by Crippen LogP contribution is -2.30. The number of anilines is 1. The normalized spacial score (nSPS) is 12.5. The minimum atomic E-state index is -0.569. The molecule has 0 aliphatic rings. The van der Waals surface area contributed by atoms with Gasteiger partial charge in [0.1, 0.15) is 5.82 Å². The summed E-state index contributed by atoms with van der Waals surface area (Å²) in [6, 6.07) is 0. The molecule has 8 nitrogen and oxygen atoms in total. The van der Waals surface area contributed by atoms with Crippen LogP contribution in [-0.2, 0) is 9.53 Å². The number of nitrogens with zero attached hydrogens (tertiary/aromatic N) is 2. The van der Waals surface area contributed by atoms with E-state index in [9.17, 15) is 4.79 Å². The number of rotatable bonds is 5. The second-order valence-electron chi connectivity index (χ2n) is 4.33. The highest BCUT2D eigenvalue weighted by Crippen LogP contribution is 2.16. The number of amides is 1. The molecule has 5 N–H and O–H groups in total. The molecule has 0 aliphatic heterocycles. The molecule has 0 aliphatic carbocycles. The number of amidine groups is 1. The molecule has 0 radical (unpaired) electrons. The average molecular weight is 255 g/mol. The third kappa shape index (κ3) is 3.45. The van der Waals surface area contributed by atoms with Gasteiger partial charge in [0.05, 0.1) is 23.8 Å². The van der Waals surface area contributed by atoms with Crippen molar-refractivity contribution in [3.8, 4) is 0 Å². The number of aromatic nitrogens is 2. The van der Waals surface area contributed by atoms with Crippen LogP contribution in [0, 0.1) is 0 Å².